The third-order valence-electron chi connectivity index (χ3n) is 1.65. The van der Waals surface area contributed by atoms with Gasteiger partial charge in [0.15, 0.2) is 0 Å². The minimum absolute atomic E-state index is 0.0953. The van der Waals surface area contributed by atoms with Crippen molar-refractivity contribution in [3.63, 3.8) is 0 Å². The fourth-order valence-electron chi connectivity index (χ4n) is 1.08. The number of nitro benzene ring substituents is 1. The Morgan fingerprint density at radius 1 is 1.56 bits per heavy atom. The van der Waals surface area contributed by atoms with Crippen molar-refractivity contribution < 1.29 is 14.5 Å². The molecule has 0 saturated carbocycles. The van der Waals surface area contributed by atoms with E-state index in [9.17, 15) is 14.9 Å². The molecule has 0 unspecified atom stereocenters. The van der Waals surface area contributed by atoms with Gasteiger partial charge in [0.1, 0.15) is 6.61 Å². The molecule has 86 valence electrons. The lowest BCUT2D eigenvalue weighted by atomic mass is 10.3. The smallest absolute Gasteiger partial charge is 0.272 e. The van der Waals surface area contributed by atoms with Gasteiger partial charge in [-0.1, -0.05) is 15.9 Å². The van der Waals surface area contributed by atoms with Crippen LogP contribution >= 0.6 is 15.9 Å². The number of non-ortho nitro benzene ring substituents is 1. The van der Waals surface area contributed by atoms with Gasteiger partial charge in [0.05, 0.1) is 4.92 Å². The maximum absolute atomic E-state index is 11.2. The highest BCUT2D eigenvalue weighted by atomic mass is 79.9. The van der Waals surface area contributed by atoms with E-state index in [1.165, 1.54) is 19.2 Å². The van der Waals surface area contributed by atoms with Crippen molar-refractivity contribution in [2.45, 2.75) is 0 Å². The van der Waals surface area contributed by atoms with Crippen molar-refractivity contribution in [3.8, 4) is 0 Å². The van der Waals surface area contributed by atoms with E-state index in [-0.39, 0.29) is 18.2 Å². The Balaban J connectivity index is 2.88. The number of nitrogens with one attached hydrogen (secondary N) is 1. The second-order valence-corrected chi connectivity index (χ2v) is 3.85. The number of ether oxygens (including phenoxy) is 1. The first kappa shape index (κ1) is 12.6. The number of amides is 1. The number of hydrogen-bond acceptors (Lipinski definition) is 4. The van der Waals surface area contributed by atoms with Crippen LogP contribution in [0.15, 0.2) is 22.7 Å². The van der Waals surface area contributed by atoms with Crippen LogP contribution in [-0.2, 0) is 9.53 Å². The molecule has 0 fully saturated rings. The molecule has 0 aliphatic rings. The number of carbonyl (C=O) groups is 1. The van der Waals surface area contributed by atoms with Crippen LogP contribution in [0.2, 0.25) is 0 Å². The van der Waals surface area contributed by atoms with Crippen molar-refractivity contribution in [1.29, 1.82) is 0 Å². The number of carbonyl (C=O) groups excluding carboxylic acids is 1. The molecular weight excluding hydrogens is 280 g/mol. The summed E-state index contributed by atoms with van der Waals surface area (Å²) >= 11 is 3.12. The van der Waals surface area contributed by atoms with E-state index in [1.807, 2.05) is 0 Å². The van der Waals surface area contributed by atoms with Crippen molar-refractivity contribution in [1.82, 2.24) is 0 Å². The van der Waals surface area contributed by atoms with Gasteiger partial charge in [-0.15, -0.1) is 0 Å². The Hall–Kier alpha value is -1.47. The molecule has 0 atom stereocenters. The second-order valence-electron chi connectivity index (χ2n) is 2.94. The number of rotatable bonds is 4. The lowest BCUT2D eigenvalue weighted by Gasteiger charge is -2.04. The molecule has 7 heteroatoms. The van der Waals surface area contributed by atoms with Crippen molar-refractivity contribution >= 4 is 33.2 Å². The van der Waals surface area contributed by atoms with Crippen LogP contribution in [0, 0.1) is 10.1 Å². The van der Waals surface area contributed by atoms with Crippen LogP contribution in [0.4, 0.5) is 11.4 Å². The zero-order valence-corrected chi connectivity index (χ0v) is 9.98. The van der Waals surface area contributed by atoms with Gasteiger partial charge in [-0.3, -0.25) is 14.9 Å². The van der Waals surface area contributed by atoms with Crippen molar-refractivity contribution in [2.75, 3.05) is 19.0 Å². The summed E-state index contributed by atoms with van der Waals surface area (Å²) in [5, 5.41) is 13.0. The van der Waals surface area contributed by atoms with Gasteiger partial charge in [0.25, 0.3) is 5.69 Å². The van der Waals surface area contributed by atoms with Crippen LogP contribution in [-0.4, -0.2) is 24.5 Å². The Morgan fingerprint density at radius 2 is 2.25 bits per heavy atom. The molecule has 1 amide bonds. The Bertz CT molecular complexity index is 422. The highest BCUT2D eigenvalue weighted by Crippen LogP contribution is 2.24. The van der Waals surface area contributed by atoms with E-state index < -0.39 is 4.92 Å². The lowest BCUT2D eigenvalue weighted by molar-refractivity contribution is -0.384. The molecule has 1 N–H and O–H groups in total. The maximum atomic E-state index is 11.2. The zero-order chi connectivity index (χ0) is 12.1. The fourth-order valence-corrected chi connectivity index (χ4v) is 1.56. The van der Waals surface area contributed by atoms with Crippen LogP contribution in [0.1, 0.15) is 0 Å². The summed E-state index contributed by atoms with van der Waals surface area (Å²) in [5.41, 5.74) is 0.255. The van der Waals surface area contributed by atoms with Gasteiger partial charge in [0.2, 0.25) is 5.91 Å². The van der Waals surface area contributed by atoms with E-state index in [0.717, 1.165) is 0 Å². The molecule has 1 aromatic carbocycles. The molecule has 0 radical (unpaired) electrons. The minimum Gasteiger partial charge on any atom is -0.375 e. The van der Waals surface area contributed by atoms with Gasteiger partial charge < -0.3 is 10.1 Å². The number of halogens is 1. The molecule has 0 bridgehead atoms. The summed E-state index contributed by atoms with van der Waals surface area (Å²) in [5.74, 6) is -0.366. The maximum Gasteiger partial charge on any atom is 0.272 e. The normalized spacial score (nSPS) is 9.88. The summed E-state index contributed by atoms with van der Waals surface area (Å²) in [7, 11) is 1.39. The summed E-state index contributed by atoms with van der Waals surface area (Å²) in [4.78, 5) is 21.2. The van der Waals surface area contributed by atoms with Gasteiger partial charge in [-0.2, -0.15) is 0 Å². The summed E-state index contributed by atoms with van der Waals surface area (Å²) < 4.78 is 5.15. The first-order chi connectivity index (χ1) is 7.52. The average molecular weight is 289 g/mol. The second kappa shape index (κ2) is 5.57. The molecule has 0 saturated heterocycles. The summed E-state index contributed by atoms with van der Waals surface area (Å²) in [6.07, 6.45) is 0. The number of nitrogens with zero attached hydrogens (tertiary/aromatic N) is 1. The highest BCUT2D eigenvalue weighted by molar-refractivity contribution is 9.10. The molecule has 6 nitrogen and oxygen atoms in total. The molecule has 0 aliphatic heterocycles. The predicted molar refractivity (Wildman–Crippen MR) is 61.3 cm³/mol. The number of hydrogen-bond donors (Lipinski definition) is 1. The van der Waals surface area contributed by atoms with E-state index in [4.69, 9.17) is 0 Å². The monoisotopic (exact) mass is 288 g/mol. The van der Waals surface area contributed by atoms with Gasteiger partial charge >= 0.3 is 0 Å². The van der Waals surface area contributed by atoms with Crippen LogP contribution < -0.4 is 5.32 Å². The largest absolute Gasteiger partial charge is 0.375 e. The number of nitro groups is 1. The Morgan fingerprint density at radius 3 is 2.81 bits per heavy atom. The van der Waals surface area contributed by atoms with Gasteiger partial charge in [-0.25, -0.2) is 0 Å². The third kappa shape index (κ3) is 3.59. The minimum atomic E-state index is -0.531. The van der Waals surface area contributed by atoms with E-state index in [0.29, 0.717) is 10.2 Å². The molecule has 1 rings (SSSR count). The molecule has 1 aromatic rings. The summed E-state index contributed by atoms with van der Waals surface area (Å²) in [6, 6.07) is 4.20. The first-order valence-electron chi connectivity index (χ1n) is 4.26. The van der Waals surface area contributed by atoms with Crippen molar-refractivity contribution in [2.24, 2.45) is 0 Å². The zero-order valence-electron chi connectivity index (χ0n) is 8.40. The number of anilines is 1. The van der Waals surface area contributed by atoms with Crippen LogP contribution in [0.25, 0.3) is 0 Å². The third-order valence-corrected chi connectivity index (χ3v) is 2.11. The number of benzene rings is 1. The van der Waals surface area contributed by atoms with E-state index in [1.54, 1.807) is 6.07 Å². The fraction of sp³-hybridized carbons (Fsp3) is 0.222. The van der Waals surface area contributed by atoms with Crippen molar-refractivity contribution in [3.05, 3.63) is 32.8 Å². The lowest BCUT2D eigenvalue weighted by Crippen LogP contribution is -2.17. The van der Waals surface area contributed by atoms with Gasteiger partial charge in [0, 0.05) is 29.4 Å². The highest BCUT2D eigenvalue weighted by Gasteiger charge is 2.10. The summed E-state index contributed by atoms with van der Waals surface area (Å²) in [6.45, 7) is -0.0969. The van der Waals surface area contributed by atoms with E-state index in [2.05, 4.69) is 26.0 Å². The molecule has 16 heavy (non-hydrogen) atoms. The van der Waals surface area contributed by atoms with Crippen LogP contribution in [0.3, 0.4) is 0 Å². The molecule has 0 aliphatic carbocycles. The topological polar surface area (TPSA) is 81.5 Å². The molecular formula is C9H9BrN2O4. The Labute approximate surface area is 99.9 Å². The van der Waals surface area contributed by atoms with E-state index >= 15 is 0 Å². The predicted octanol–water partition coefficient (Wildman–Crippen LogP) is 1.94. The first-order valence-corrected chi connectivity index (χ1v) is 5.06. The standard InChI is InChI=1S/C9H9BrN2O4/c1-16-5-9(13)11-7-2-6(10)3-8(4-7)12(14)15/h2-4H,5H2,1H3,(H,11,13). The molecule has 0 heterocycles. The molecule has 0 spiro atoms. The average Bonchev–Trinajstić information content (AvgIpc) is 2.16. The SMILES string of the molecule is COCC(=O)Nc1cc(Br)cc([N+](=O)[O-])c1. The molecule has 0 aromatic heterocycles. The quantitative estimate of drug-likeness (QED) is 0.678. The number of methoxy groups -OCH3 is 1. The Kier molecular flexibility index (Phi) is 4.39. The van der Waals surface area contributed by atoms with Gasteiger partial charge in [-0.05, 0) is 6.07 Å². The van der Waals surface area contributed by atoms with Crippen LogP contribution in [0.5, 0.6) is 0 Å².